The lowest BCUT2D eigenvalue weighted by Crippen LogP contribution is -2.42. The molecule has 3 aromatic rings. The van der Waals surface area contributed by atoms with Gasteiger partial charge in [-0.3, -0.25) is 25.0 Å². The Hall–Kier alpha value is -2.58. The summed E-state index contributed by atoms with van der Waals surface area (Å²) in [7, 11) is 0. The number of carbonyl (C=O) groups is 2. The zero-order chi connectivity index (χ0) is 20.1. The van der Waals surface area contributed by atoms with Gasteiger partial charge in [-0.2, -0.15) is 0 Å². The van der Waals surface area contributed by atoms with Crippen molar-refractivity contribution in [3.05, 3.63) is 76.0 Å². The van der Waals surface area contributed by atoms with E-state index in [9.17, 15) is 9.59 Å². The van der Waals surface area contributed by atoms with Gasteiger partial charge in [0.1, 0.15) is 0 Å². The Morgan fingerprint density at radius 2 is 1.86 bits per heavy atom. The van der Waals surface area contributed by atoms with Crippen molar-refractivity contribution in [2.24, 2.45) is 0 Å². The maximum atomic E-state index is 12.1. The monoisotopic (exact) mass is 458 g/mol. The summed E-state index contributed by atoms with van der Waals surface area (Å²) in [4.78, 5) is 28.5. The number of carbonyl (C=O) groups excluding carboxylic acids is 2. The molecule has 2 N–H and O–H groups in total. The average molecular weight is 459 g/mol. The van der Waals surface area contributed by atoms with Crippen LogP contribution in [0, 0.1) is 13.8 Å². The third-order valence-corrected chi connectivity index (χ3v) is 5.47. The SMILES string of the molecule is Cc1ccc(-n2ccnc2SCC(=O)NNC(=O)c2ccc(Br)cc2)c(C)c1. The number of benzene rings is 2. The maximum Gasteiger partial charge on any atom is 0.269 e. The predicted molar refractivity (Wildman–Crippen MR) is 114 cm³/mol. The highest BCUT2D eigenvalue weighted by molar-refractivity contribution is 9.10. The first kappa shape index (κ1) is 20.2. The largest absolute Gasteiger partial charge is 0.295 e. The van der Waals surface area contributed by atoms with E-state index in [2.05, 4.69) is 37.8 Å². The third kappa shape index (κ3) is 5.02. The van der Waals surface area contributed by atoms with Gasteiger partial charge < -0.3 is 0 Å². The number of thioether (sulfide) groups is 1. The van der Waals surface area contributed by atoms with Gasteiger partial charge in [0.05, 0.1) is 11.4 Å². The number of nitrogens with zero attached hydrogens (tertiary/aromatic N) is 2. The molecule has 0 bridgehead atoms. The van der Waals surface area contributed by atoms with Crippen molar-refractivity contribution in [3.63, 3.8) is 0 Å². The van der Waals surface area contributed by atoms with Crippen molar-refractivity contribution >= 4 is 39.5 Å². The van der Waals surface area contributed by atoms with Crippen LogP contribution in [0.3, 0.4) is 0 Å². The van der Waals surface area contributed by atoms with E-state index in [0.29, 0.717) is 10.7 Å². The van der Waals surface area contributed by atoms with Crippen LogP contribution in [0.4, 0.5) is 0 Å². The van der Waals surface area contributed by atoms with Crippen LogP contribution < -0.4 is 10.9 Å². The van der Waals surface area contributed by atoms with Crippen molar-refractivity contribution in [3.8, 4) is 5.69 Å². The minimum atomic E-state index is -0.373. The standard InChI is InChI=1S/C20H19BrN4O2S/c1-13-3-8-17(14(2)11-13)25-10-9-22-20(25)28-12-18(26)23-24-19(27)15-4-6-16(21)7-5-15/h3-11H,12H2,1-2H3,(H,23,26)(H,24,27). The van der Waals surface area contributed by atoms with Gasteiger partial charge >= 0.3 is 0 Å². The molecule has 1 aromatic heterocycles. The Balaban J connectivity index is 1.56. The molecule has 0 aliphatic carbocycles. The summed E-state index contributed by atoms with van der Waals surface area (Å²) >= 11 is 4.62. The second kappa shape index (κ2) is 9.07. The molecule has 0 saturated carbocycles. The van der Waals surface area contributed by atoms with E-state index in [1.165, 1.54) is 17.3 Å². The molecule has 3 rings (SSSR count). The number of nitrogens with one attached hydrogen (secondary N) is 2. The number of rotatable bonds is 5. The van der Waals surface area contributed by atoms with Gasteiger partial charge in [0, 0.05) is 22.4 Å². The molecule has 8 heteroatoms. The van der Waals surface area contributed by atoms with E-state index in [-0.39, 0.29) is 17.6 Å². The Labute approximate surface area is 175 Å². The second-order valence-corrected chi connectivity index (χ2v) is 8.03. The minimum Gasteiger partial charge on any atom is -0.295 e. The zero-order valence-electron chi connectivity index (χ0n) is 15.4. The fourth-order valence-corrected chi connectivity index (χ4v) is 3.65. The average Bonchev–Trinajstić information content (AvgIpc) is 3.13. The van der Waals surface area contributed by atoms with Crippen molar-refractivity contribution in [1.82, 2.24) is 20.4 Å². The molecule has 0 spiro atoms. The molecule has 0 fully saturated rings. The number of hydrogen-bond donors (Lipinski definition) is 2. The molecular formula is C20H19BrN4O2S. The van der Waals surface area contributed by atoms with E-state index in [1.807, 2.05) is 36.7 Å². The molecule has 6 nitrogen and oxygen atoms in total. The first-order valence-electron chi connectivity index (χ1n) is 8.52. The Morgan fingerprint density at radius 3 is 2.57 bits per heavy atom. The van der Waals surface area contributed by atoms with Crippen LogP contribution in [-0.2, 0) is 4.79 Å². The molecule has 0 unspecified atom stereocenters. The van der Waals surface area contributed by atoms with Gasteiger partial charge in [-0.15, -0.1) is 0 Å². The molecule has 0 aliphatic rings. The topological polar surface area (TPSA) is 76.0 Å². The summed E-state index contributed by atoms with van der Waals surface area (Å²) in [5, 5.41) is 0.710. The van der Waals surface area contributed by atoms with E-state index >= 15 is 0 Å². The Kier molecular flexibility index (Phi) is 6.53. The Morgan fingerprint density at radius 1 is 1.11 bits per heavy atom. The highest BCUT2D eigenvalue weighted by Crippen LogP contribution is 2.23. The highest BCUT2D eigenvalue weighted by atomic mass is 79.9. The van der Waals surface area contributed by atoms with Gasteiger partial charge in [-0.05, 0) is 49.7 Å². The van der Waals surface area contributed by atoms with Crippen LogP contribution in [0.1, 0.15) is 21.5 Å². The number of aryl methyl sites for hydroxylation is 2. The van der Waals surface area contributed by atoms with Crippen molar-refractivity contribution < 1.29 is 9.59 Å². The normalized spacial score (nSPS) is 10.5. The van der Waals surface area contributed by atoms with Gasteiger partial charge in [0.25, 0.3) is 5.91 Å². The molecule has 0 aliphatic heterocycles. The maximum absolute atomic E-state index is 12.1. The first-order chi connectivity index (χ1) is 13.4. The molecule has 0 saturated heterocycles. The van der Waals surface area contributed by atoms with E-state index in [1.54, 1.807) is 30.5 Å². The molecule has 2 amide bonds. The molecule has 144 valence electrons. The molecule has 0 atom stereocenters. The number of amides is 2. The molecular weight excluding hydrogens is 440 g/mol. The van der Waals surface area contributed by atoms with Crippen LogP contribution in [0.25, 0.3) is 5.69 Å². The molecule has 2 aromatic carbocycles. The lowest BCUT2D eigenvalue weighted by Gasteiger charge is -2.11. The number of halogens is 1. The van der Waals surface area contributed by atoms with Crippen LogP contribution in [-0.4, -0.2) is 27.1 Å². The summed E-state index contributed by atoms with van der Waals surface area (Å²) in [6.07, 6.45) is 3.57. The summed E-state index contributed by atoms with van der Waals surface area (Å²) in [6, 6.07) is 13.0. The summed E-state index contributed by atoms with van der Waals surface area (Å²) in [6.45, 7) is 4.09. The van der Waals surface area contributed by atoms with Crippen LogP contribution >= 0.6 is 27.7 Å². The summed E-state index contributed by atoms with van der Waals surface area (Å²) in [5.41, 5.74) is 8.65. The highest BCUT2D eigenvalue weighted by Gasteiger charge is 2.12. The van der Waals surface area contributed by atoms with Crippen molar-refractivity contribution in [2.45, 2.75) is 19.0 Å². The molecule has 1 heterocycles. The van der Waals surface area contributed by atoms with Crippen molar-refractivity contribution in [2.75, 3.05) is 5.75 Å². The van der Waals surface area contributed by atoms with Crippen LogP contribution in [0.5, 0.6) is 0 Å². The van der Waals surface area contributed by atoms with Gasteiger partial charge in [0.2, 0.25) is 5.91 Å². The van der Waals surface area contributed by atoms with Crippen LogP contribution in [0.15, 0.2) is 64.5 Å². The lowest BCUT2D eigenvalue weighted by atomic mass is 10.1. The van der Waals surface area contributed by atoms with Gasteiger partial charge in [0.15, 0.2) is 5.16 Å². The lowest BCUT2D eigenvalue weighted by molar-refractivity contribution is -0.119. The Bertz CT molecular complexity index is 1000. The summed E-state index contributed by atoms with van der Waals surface area (Å²) in [5.74, 6) is -0.559. The van der Waals surface area contributed by atoms with E-state index in [0.717, 1.165) is 15.7 Å². The molecule has 0 radical (unpaired) electrons. The van der Waals surface area contributed by atoms with Crippen LogP contribution in [0.2, 0.25) is 0 Å². The fraction of sp³-hybridized carbons (Fsp3) is 0.150. The number of hydrazine groups is 1. The predicted octanol–water partition coefficient (Wildman–Crippen LogP) is 3.80. The number of imidazole rings is 1. The van der Waals surface area contributed by atoms with Crippen molar-refractivity contribution in [1.29, 1.82) is 0 Å². The van der Waals surface area contributed by atoms with Gasteiger partial charge in [-0.1, -0.05) is 45.4 Å². The quantitative estimate of drug-likeness (QED) is 0.450. The van der Waals surface area contributed by atoms with Gasteiger partial charge in [-0.25, -0.2) is 4.98 Å². The van der Waals surface area contributed by atoms with E-state index < -0.39 is 0 Å². The van der Waals surface area contributed by atoms with E-state index in [4.69, 9.17) is 0 Å². The smallest absolute Gasteiger partial charge is 0.269 e. The number of hydrogen-bond acceptors (Lipinski definition) is 4. The second-order valence-electron chi connectivity index (χ2n) is 6.17. The minimum absolute atomic E-state index is 0.128. The fourth-order valence-electron chi connectivity index (χ4n) is 2.62. The summed E-state index contributed by atoms with van der Waals surface area (Å²) < 4.78 is 2.83. The molecule has 28 heavy (non-hydrogen) atoms. The third-order valence-electron chi connectivity index (χ3n) is 3.97. The first-order valence-corrected chi connectivity index (χ1v) is 10.3. The number of aromatic nitrogens is 2. The zero-order valence-corrected chi connectivity index (χ0v) is 17.8.